The van der Waals surface area contributed by atoms with Crippen molar-refractivity contribution in [3.05, 3.63) is 65.2 Å². The number of benzene rings is 2. The number of phenolic OH excluding ortho intramolecular Hbond substituents is 1. The van der Waals surface area contributed by atoms with Crippen LogP contribution >= 0.6 is 0 Å². The molecule has 2 rings (SSSR count). The second kappa shape index (κ2) is 6.71. The van der Waals surface area contributed by atoms with E-state index in [0.717, 1.165) is 12.0 Å². The first-order chi connectivity index (χ1) is 10.2. The van der Waals surface area contributed by atoms with Crippen molar-refractivity contribution in [2.24, 2.45) is 0 Å². The molecule has 0 aliphatic rings. The van der Waals surface area contributed by atoms with Crippen LogP contribution in [0.1, 0.15) is 47.2 Å². The molecule has 0 unspecified atom stereocenters. The first-order valence-corrected chi connectivity index (χ1v) is 6.97. The number of phenols is 1. The zero-order valence-corrected chi connectivity index (χ0v) is 11.9. The van der Waals surface area contributed by atoms with Gasteiger partial charge in [0.2, 0.25) is 0 Å². The number of hydrogen-bond acceptors (Lipinski definition) is 3. The van der Waals surface area contributed by atoms with Crippen LogP contribution in [0.5, 0.6) is 5.75 Å². The molecule has 0 fully saturated rings. The monoisotopic (exact) mass is 279 g/mol. The van der Waals surface area contributed by atoms with Crippen molar-refractivity contribution in [2.45, 2.75) is 25.7 Å². The zero-order valence-electron chi connectivity index (χ0n) is 11.9. The molecule has 106 valence electrons. The van der Waals surface area contributed by atoms with Crippen molar-refractivity contribution in [1.82, 2.24) is 0 Å². The maximum absolute atomic E-state index is 12.4. The lowest BCUT2D eigenvalue weighted by atomic mass is 9.89. The first kappa shape index (κ1) is 14.8. The number of nitriles is 1. The fourth-order valence-electron chi connectivity index (χ4n) is 2.39. The van der Waals surface area contributed by atoms with E-state index in [1.54, 1.807) is 0 Å². The summed E-state index contributed by atoms with van der Waals surface area (Å²) in [5.74, 6) is -0.0916. The van der Waals surface area contributed by atoms with E-state index in [1.807, 2.05) is 43.3 Å². The molecule has 0 aromatic heterocycles. The third-order valence-electron chi connectivity index (χ3n) is 3.62. The number of carbonyl (C=O) groups is 1. The van der Waals surface area contributed by atoms with E-state index in [9.17, 15) is 9.90 Å². The van der Waals surface area contributed by atoms with Crippen LogP contribution in [0.3, 0.4) is 0 Å². The maximum atomic E-state index is 12.4. The number of nitrogens with zero attached hydrogens (tertiary/aromatic N) is 1. The van der Waals surface area contributed by atoms with Gasteiger partial charge in [0.15, 0.2) is 5.78 Å². The number of ketones is 1. The Kier molecular flexibility index (Phi) is 4.73. The number of hydrogen-bond donors (Lipinski definition) is 1. The van der Waals surface area contributed by atoms with E-state index in [0.29, 0.717) is 12.0 Å². The van der Waals surface area contributed by atoms with Gasteiger partial charge < -0.3 is 5.11 Å². The minimum absolute atomic E-state index is 0.0677. The average Bonchev–Trinajstić information content (AvgIpc) is 2.53. The highest BCUT2D eigenvalue weighted by molar-refractivity contribution is 5.99. The Morgan fingerprint density at radius 3 is 2.57 bits per heavy atom. The van der Waals surface area contributed by atoms with Crippen LogP contribution in [0.25, 0.3) is 0 Å². The van der Waals surface area contributed by atoms with E-state index in [1.165, 1.54) is 18.2 Å². The zero-order chi connectivity index (χ0) is 15.2. The molecular weight excluding hydrogens is 262 g/mol. The number of carbonyl (C=O) groups excluding carboxylic acids is 1. The molecule has 0 saturated carbocycles. The van der Waals surface area contributed by atoms with Crippen LogP contribution in [0.15, 0.2) is 48.5 Å². The molecule has 0 bridgehead atoms. The third-order valence-corrected chi connectivity index (χ3v) is 3.62. The summed E-state index contributed by atoms with van der Waals surface area (Å²) in [6, 6.07) is 16.2. The van der Waals surface area contributed by atoms with Gasteiger partial charge in [-0.3, -0.25) is 4.79 Å². The Hall–Kier alpha value is -2.60. The summed E-state index contributed by atoms with van der Waals surface area (Å²) in [4.78, 5) is 12.4. The highest BCUT2D eigenvalue weighted by atomic mass is 16.3. The van der Waals surface area contributed by atoms with Gasteiger partial charge in [-0.05, 0) is 36.1 Å². The molecule has 1 atom stereocenters. The Morgan fingerprint density at radius 1 is 1.24 bits per heavy atom. The fourth-order valence-corrected chi connectivity index (χ4v) is 2.39. The lowest BCUT2D eigenvalue weighted by molar-refractivity contribution is 0.0970. The molecule has 2 aromatic carbocycles. The molecule has 0 amide bonds. The van der Waals surface area contributed by atoms with Crippen molar-refractivity contribution in [3.8, 4) is 11.8 Å². The molecule has 0 radical (unpaired) electrons. The van der Waals surface area contributed by atoms with Crippen LogP contribution < -0.4 is 0 Å². The summed E-state index contributed by atoms with van der Waals surface area (Å²) in [6.07, 6.45) is 1.16. The van der Waals surface area contributed by atoms with Gasteiger partial charge in [-0.25, -0.2) is 0 Å². The molecule has 1 N–H and O–H groups in total. The number of aromatic hydroxyl groups is 1. The molecule has 0 heterocycles. The summed E-state index contributed by atoms with van der Waals surface area (Å²) >= 11 is 0. The van der Waals surface area contributed by atoms with Gasteiger partial charge in [-0.1, -0.05) is 37.3 Å². The molecule has 0 aliphatic carbocycles. The molecule has 3 heteroatoms. The Morgan fingerprint density at radius 2 is 1.95 bits per heavy atom. The quantitative estimate of drug-likeness (QED) is 0.840. The summed E-state index contributed by atoms with van der Waals surface area (Å²) in [7, 11) is 0. The maximum Gasteiger partial charge on any atom is 0.167 e. The Labute approximate surface area is 124 Å². The molecule has 0 aliphatic heterocycles. The largest absolute Gasteiger partial charge is 0.507 e. The number of rotatable bonds is 5. The van der Waals surface area contributed by atoms with E-state index in [2.05, 4.69) is 0 Å². The van der Waals surface area contributed by atoms with Crippen LogP contribution in [-0.2, 0) is 0 Å². The van der Waals surface area contributed by atoms with Crippen molar-refractivity contribution in [1.29, 1.82) is 5.26 Å². The van der Waals surface area contributed by atoms with E-state index >= 15 is 0 Å². The van der Waals surface area contributed by atoms with Crippen LogP contribution in [0.4, 0.5) is 0 Å². The van der Waals surface area contributed by atoms with Gasteiger partial charge in [0.05, 0.1) is 17.2 Å². The van der Waals surface area contributed by atoms with Crippen LogP contribution in [0.2, 0.25) is 0 Å². The average molecular weight is 279 g/mol. The summed E-state index contributed by atoms with van der Waals surface area (Å²) in [6.45, 7) is 2.04. The second-order valence-corrected chi connectivity index (χ2v) is 4.99. The molecule has 0 saturated heterocycles. The summed E-state index contributed by atoms with van der Waals surface area (Å²) in [5, 5.41) is 18.7. The van der Waals surface area contributed by atoms with Gasteiger partial charge in [0.1, 0.15) is 5.75 Å². The van der Waals surface area contributed by atoms with Gasteiger partial charge in [-0.2, -0.15) is 5.26 Å². The predicted octanol–water partition coefficient (Wildman–Crippen LogP) is 4.03. The summed E-state index contributed by atoms with van der Waals surface area (Å²) in [5.41, 5.74) is 1.72. The van der Waals surface area contributed by atoms with Crippen LogP contribution in [-0.4, -0.2) is 10.9 Å². The Balaban J connectivity index is 2.23. The Bertz CT molecular complexity index is 671. The number of Topliss-reactive ketones (excluding diaryl/α,β-unsaturated/α-hetero) is 1. The highest BCUT2D eigenvalue weighted by Gasteiger charge is 2.18. The van der Waals surface area contributed by atoms with Gasteiger partial charge in [0, 0.05) is 6.42 Å². The van der Waals surface area contributed by atoms with Crippen molar-refractivity contribution in [2.75, 3.05) is 0 Å². The SMILES string of the molecule is CC[C@H](CC(=O)c1cc(C#N)ccc1O)c1ccccc1. The molecular formula is C18H17NO2. The van der Waals surface area contributed by atoms with Gasteiger partial charge in [-0.15, -0.1) is 0 Å². The van der Waals surface area contributed by atoms with Gasteiger partial charge in [0.25, 0.3) is 0 Å². The third kappa shape index (κ3) is 3.49. The van der Waals surface area contributed by atoms with E-state index < -0.39 is 0 Å². The van der Waals surface area contributed by atoms with Crippen LogP contribution in [0, 0.1) is 11.3 Å². The predicted molar refractivity (Wildman–Crippen MR) is 81.2 cm³/mol. The van der Waals surface area contributed by atoms with Gasteiger partial charge >= 0.3 is 0 Å². The molecule has 3 nitrogen and oxygen atoms in total. The van der Waals surface area contributed by atoms with Crippen molar-refractivity contribution >= 4 is 5.78 Å². The highest BCUT2D eigenvalue weighted by Crippen LogP contribution is 2.27. The minimum atomic E-state index is -0.139. The molecule has 0 spiro atoms. The van der Waals surface area contributed by atoms with Crippen molar-refractivity contribution in [3.63, 3.8) is 0 Å². The topological polar surface area (TPSA) is 61.1 Å². The van der Waals surface area contributed by atoms with Crippen molar-refractivity contribution < 1.29 is 9.90 Å². The molecule has 21 heavy (non-hydrogen) atoms. The smallest absolute Gasteiger partial charge is 0.167 e. The first-order valence-electron chi connectivity index (χ1n) is 6.97. The lowest BCUT2D eigenvalue weighted by Gasteiger charge is -2.15. The lowest BCUT2D eigenvalue weighted by Crippen LogP contribution is -2.07. The fraction of sp³-hybridized carbons (Fsp3) is 0.222. The standard InChI is InChI=1S/C18H17NO2/c1-2-14(15-6-4-3-5-7-15)11-18(21)16-10-13(12-19)8-9-17(16)20/h3-10,14,20H,2,11H2,1H3/t14-/m1/s1. The summed E-state index contributed by atoms with van der Waals surface area (Å²) < 4.78 is 0. The minimum Gasteiger partial charge on any atom is -0.507 e. The normalized spacial score (nSPS) is 11.6. The molecule has 2 aromatic rings. The van der Waals surface area contributed by atoms with E-state index in [4.69, 9.17) is 5.26 Å². The van der Waals surface area contributed by atoms with E-state index in [-0.39, 0.29) is 23.0 Å². The second-order valence-electron chi connectivity index (χ2n) is 4.99.